The van der Waals surface area contributed by atoms with E-state index in [1.165, 1.54) is 0 Å². The summed E-state index contributed by atoms with van der Waals surface area (Å²) >= 11 is 0. The van der Waals surface area contributed by atoms with Crippen LogP contribution in [-0.2, 0) is 0 Å². The van der Waals surface area contributed by atoms with Gasteiger partial charge < -0.3 is 41.2 Å². The molecular formula is C28H20N12. The van der Waals surface area contributed by atoms with Crippen molar-refractivity contribution in [3.05, 3.63) is 73.8 Å². The molecule has 0 spiro atoms. The molecule has 8 N–H and O–H groups in total. The van der Waals surface area contributed by atoms with E-state index in [1.807, 2.05) is 49.1 Å². The summed E-state index contributed by atoms with van der Waals surface area (Å²) in [7, 11) is 0. The Bertz CT molecular complexity index is 1780. The number of hydrogen-bond acceptors (Lipinski definition) is 8. The zero-order chi connectivity index (χ0) is 26.2. The lowest BCUT2D eigenvalue weighted by Crippen LogP contribution is -1.97. The molecule has 0 saturated carbocycles. The highest BCUT2D eigenvalue weighted by Crippen LogP contribution is 2.41. The van der Waals surface area contributed by atoms with Crippen molar-refractivity contribution in [1.29, 1.82) is 0 Å². The molecule has 0 aliphatic carbocycles. The van der Waals surface area contributed by atoms with Crippen molar-refractivity contribution in [3.63, 3.8) is 0 Å². The number of nitrogens with zero attached hydrogens (tertiary/aromatic N) is 4. The zero-order valence-corrected chi connectivity index (χ0v) is 20.7. The summed E-state index contributed by atoms with van der Waals surface area (Å²) in [6.07, 6.45) is 14.5. The Kier molecular flexibility index (Phi) is 4.05. The highest BCUT2D eigenvalue weighted by atomic mass is 15.2. The molecule has 12 heteroatoms. The summed E-state index contributed by atoms with van der Waals surface area (Å²) in [4.78, 5) is 31.7. The van der Waals surface area contributed by atoms with Gasteiger partial charge in [-0.15, -0.1) is 0 Å². The maximum Gasteiger partial charge on any atom is 0.120 e. The second-order valence-corrected chi connectivity index (χ2v) is 9.69. The predicted octanol–water partition coefficient (Wildman–Crippen LogP) is 6.48. The molecule has 40 heavy (non-hydrogen) atoms. The SMILES string of the molecule is c1cc2c3[nH]c(c2cn1)Nc1[nH]c(c2cnccc12)Nc1[nH]c(c2cnccc12)Nc1[nH]c(c2ccncc12)N3. The molecule has 0 unspecified atom stereocenters. The van der Waals surface area contributed by atoms with E-state index in [-0.39, 0.29) is 0 Å². The first kappa shape index (κ1) is 21.0. The summed E-state index contributed by atoms with van der Waals surface area (Å²) in [6.45, 7) is 0. The molecular weight excluding hydrogens is 504 g/mol. The number of anilines is 8. The molecule has 0 fully saturated rings. The van der Waals surface area contributed by atoms with E-state index in [0.29, 0.717) is 0 Å². The van der Waals surface area contributed by atoms with Crippen molar-refractivity contribution >= 4 is 89.6 Å². The molecule has 8 aromatic rings. The van der Waals surface area contributed by atoms with E-state index in [2.05, 4.69) is 61.1 Å². The molecule has 12 nitrogen and oxygen atoms in total. The molecule has 1 aliphatic rings. The Morgan fingerprint density at radius 3 is 0.775 bits per heavy atom. The number of fused-ring (bicyclic) bond motifs is 20. The van der Waals surface area contributed by atoms with Gasteiger partial charge in [0.15, 0.2) is 0 Å². The molecule has 1 aliphatic heterocycles. The number of H-pyrrole nitrogens is 4. The molecule has 0 amide bonds. The number of pyridine rings is 4. The fourth-order valence-electron chi connectivity index (χ4n) is 5.57. The highest BCUT2D eigenvalue weighted by Gasteiger charge is 2.20. The van der Waals surface area contributed by atoms with E-state index in [9.17, 15) is 0 Å². The third-order valence-electron chi connectivity index (χ3n) is 7.44. The maximum atomic E-state index is 4.39. The fraction of sp³-hybridized carbons (Fsp3) is 0. The van der Waals surface area contributed by atoms with Gasteiger partial charge in [0, 0.05) is 92.7 Å². The second kappa shape index (κ2) is 7.74. The maximum absolute atomic E-state index is 4.39. The van der Waals surface area contributed by atoms with Crippen LogP contribution in [0.1, 0.15) is 0 Å². The van der Waals surface area contributed by atoms with Crippen LogP contribution in [0.25, 0.3) is 43.1 Å². The summed E-state index contributed by atoms with van der Waals surface area (Å²) < 4.78 is 0. The van der Waals surface area contributed by atoms with Gasteiger partial charge in [-0.1, -0.05) is 0 Å². The van der Waals surface area contributed by atoms with E-state index >= 15 is 0 Å². The Balaban J connectivity index is 1.33. The van der Waals surface area contributed by atoms with Crippen molar-refractivity contribution in [2.45, 2.75) is 0 Å². The summed E-state index contributed by atoms with van der Waals surface area (Å²) in [5.74, 6) is 6.48. The summed E-state index contributed by atoms with van der Waals surface area (Å²) in [5, 5.41) is 22.0. The van der Waals surface area contributed by atoms with Crippen molar-refractivity contribution in [2.75, 3.05) is 21.3 Å². The van der Waals surface area contributed by atoms with E-state index in [4.69, 9.17) is 0 Å². The smallest absolute Gasteiger partial charge is 0.120 e. The van der Waals surface area contributed by atoms with Crippen molar-refractivity contribution in [2.24, 2.45) is 0 Å². The van der Waals surface area contributed by atoms with Gasteiger partial charge in [0.1, 0.15) is 46.5 Å². The molecule has 0 atom stereocenters. The van der Waals surface area contributed by atoms with Crippen LogP contribution < -0.4 is 21.3 Å². The average molecular weight is 525 g/mol. The van der Waals surface area contributed by atoms with Crippen LogP contribution in [0, 0.1) is 0 Å². The van der Waals surface area contributed by atoms with E-state index < -0.39 is 0 Å². The van der Waals surface area contributed by atoms with Crippen molar-refractivity contribution in [3.8, 4) is 0 Å². The van der Waals surface area contributed by atoms with Crippen LogP contribution in [-0.4, -0.2) is 39.9 Å². The molecule has 192 valence electrons. The highest BCUT2D eigenvalue weighted by molar-refractivity contribution is 6.11. The minimum absolute atomic E-state index is 0.794. The molecule has 0 saturated heterocycles. The van der Waals surface area contributed by atoms with Crippen LogP contribution in [0.2, 0.25) is 0 Å². The Morgan fingerprint density at radius 1 is 0.300 bits per heavy atom. The van der Waals surface area contributed by atoms with E-state index in [1.54, 1.807) is 24.8 Å². The standard InChI is InChI=1S/C28H20N12/c1-5-29-9-17-13(1)21-33-22-14-2-6-31-11-19(14)27(35-22)40-28-20-12-32-8-4-16(20)24(39-28)38-26-18-10-30-7-3-15(18)23(37-26)36-25(17)34-21/h1-12,33-40H. The second-order valence-electron chi connectivity index (χ2n) is 9.69. The van der Waals surface area contributed by atoms with Crippen molar-refractivity contribution < 1.29 is 0 Å². The lowest BCUT2D eigenvalue weighted by molar-refractivity contribution is 1.28. The first-order chi connectivity index (χ1) is 19.8. The van der Waals surface area contributed by atoms with Crippen LogP contribution in [0.4, 0.5) is 46.5 Å². The van der Waals surface area contributed by atoms with Gasteiger partial charge in [-0.2, -0.15) is 0 Å². The quantitative estimate of drug-likeness (QED) is 0.112. The third-order valence-corrected chi connectivity index (χ3v) is 7.44. The largest absolute Gasteiger partial charge is 0.327 e. The van der Waals surface area contributed by atoms with Crippen LogP contribution in [0.15, 0.2) is 73.8 Å². The van der Waals surface area contributed by atoms with Crippen LogP contribution in [0.5, 0.6) is 0 Å². The number of aromatic amines is 4. The summed E-state index contributed by atoms with van der Waals surface area (Å²) in [6, 6.07) is 7.94. The summed E-state index contributed by atoms with van der Waals surface area (Å²) in [5.41, 5.74) is 0. The number of rotatable bonds is 0. The molecule has 0 radical (unpaired) electrons. The normalized spacial score (nSPS) is 12.8. The van der Waals surface area contributed by atoms with Gasteiger partial charge in [-0.3, -0.25) is 19.9 Å². The molecule has 9 rings (SSSR count). The van der Waals surface area contributed by atoms with Crippen molar-refractivity contribution in [1.82, 2.24) is 39.9 Å². The molecule has 8 bridgehead atoms. The van der Waals surface area contributed by atoms with E-state index in [0.717, 1.165) is 89.6 Å². The predicted molar refractivity (Wildman–Crippen MR) is 158 cm³/mol. The van der Waals surface area contributed by atoms with Crippen LogP contribution in [0.3, 0.4) is 0 Å². The van der Waals surface area contributed by atoms with Gasteiger partial charge in [-0.05, 0) is 24.3 Å². The van der Waals surface area contributed by atoms with Gasteiger partial charge in [-0.25, -0.2) is 0 Å². The Hall–Kier alpha value is -6.04. The minimum Gasteiger partial charge on any atom is -0.327 e. The van der Waals surface area contributed by atoms with Gasteiger partial charge in [0.25, 0.3) is 0 Å². The lowest BCUT2D eigenvalue weighted by atomic mass is 10.2. The monoisotopic (exact) mass is 524 g/mol. The molecule has 0 aromatic carbocycles. The van der Waals surface area contributed by atoms with Gasteiger partial charge >= 0.3 is 0 Å². The van der Waals surface area contributed by atoms with Gasteiger partial charge in [0.2, 0.25) is 0 Å². The van der Waals surface area contributed by atoms with Crippen LogP contribution >= 0.6 is 0 Å². The zero-order valence-electron chi connectivity index (χ0n) is 20.7. The number of hydrogen-bond donors (Lipinski definition) is 8. The number of aromatic nitrogens is 8. The molecule has 8 aromatic heterocycles. The first-order valence-corrected chi connectivity index (χ1v) is 12.7. The lowest BCUT2D eigenvalue weighted by Gasteiger charge is -2.06. The first-order valence-electron chi connectivity index (χ1n) is 12.7. The fourth-order valence-corrected chi connectivity index (χ4v) is 5.57. The Labute approximate surface area is 224 Å². The Morgan fingerprint density at radius 2 is 0.525 bits per heavy atom. The number of nitrogens with one attached hydrogen (secondary N) is 8. The average Bonchev–Trinajstić information content (AvgIpc) is 3.73. The molecule has 9 heterocycles. The van der Waals surface area contributed by atoms with Gasteiger partial charge in [0.05, 0.1) is 0 Å². The topological polar surface area (TPSA) is 163 Å². The third kappa shape index (κ3) is 2.95. The minimum atomic E-state index is 0.794.